The average Bonchev–Trinajstić information content (AvgIpc) is 2.60. The molecule has 0 aliphatic rings. The van der Waals surface area contributed by atoms with E-state index in [0.29, 0.717) is 5.02 Å². The van der Waals surface area contributed by atoms with E-state index < -0.39 is 23.8 Å². The third-order valence-electron chi connectivity index (χ3n) is 3.63. The van der Waals surface area contributed by atoms with Crippen LogP contribution in [0.15, 0.2) is 54.6 Å². The standard InChI is InChI=1S/C18H17ClO4/c1-22-17(20)16(18(21)23-2)15(12-6-4-3-5-7-12)13-8-10-14(19)11-9-13/h3-11,15-16H,1-2H3. The van der Waals surface area contributed by atoms with Crippen molar-refractivity contribution in [2.24, 2.45) is 5.92 Å². The molecule has 4 nitrogen and oxygen atoms in total. The summed E-state index contributed by atoms with van der Waals surface area (Å²) in [6.45, 7) is 0. The van der Waals surface area contributed by atoms with Gasteiger partial charge in [0.05, 0.1) is 14.2 Å². The van der Waals surface area contributed by atoms with Gasteiger partial charge in [0.1, 0.15) is 0 Å². The summed E-state index contributed by atoms with van der Waals surface area (Å²) in [5, 5.41) is 0.577. The van der Waals surface area contributed by atoms with E-state index in [1.807, 2.05) is 30.3 Å². The smallest absolute Gasteiger partial charge is 0.321 e. The predicted octanol–water partition coefficient (Wildman–Crippen LogP) is 3.43. The van der Waals surface area contributed by atoms with Gasteiger partial charge in [-0.15, -0.1) is 0 Å². The molecule has 2 aromatic rings. The largest absolute Gasteiger partial charge is 0.468 e. The molecule has 0 radical (unpaired) electrons. The van der Waals surface area contributed by atoms with Gasteiger partial charge in [0.15, 0.2) is 5.92 Å². The van der Waals surface area contributed by atoms with Crippen molar-refractivity contribution in [2.45, 2.75) is 5.92 Å². The second kappa shape index (κ2) is 7.79. The Labute approximate surface area is 140 Å². The van der Waals surface area contributed by atoms with Gasteiger partial charge >= 0.3 is 11.9 Å². The van der Waals surface area contributed by atoms with Crippen LogP contribution >= 0.6 is 11.6 Å². The normalized spacial score (nSPS) is 11.8. The lowest BCUT2D eigenvalue weighted by molar-refractivity contribution is -0.159. The second-order valence-electron chi connectivity index (χ2n) is 4.96. The number of halogens is 1. The molecule has 0 N–H and O–H groups in total. The summed E-state index contributed by atoms with van der Waals surface area (Å²) in [6.07, 6.45) is 0. The van der Waals surface area contributed by atoms with E-state index in [1.54, 1.807) is 24.3 Å². The Morgan fingerprint density at radius 3 is 1.78 bits per heavy atom. The first-order valence-electron chi connectivity index (χ1n) is 7.04. The molecule has 0 saturated carbocycles. The van der Waals surface area contributed by atoms with Gasteiger partial charge in [0, 0.05) is 10.9 Å². The Kier molecular flexibility index (Phi) is 5.77. The molecule has 0 bridgehead atoms. The summed E-state index contributed by atoms with van der Waals surface area (Å²) in [5.74, 6) is -2.89. The first-order chi connectivity index (χ1) is 11.1. The molecule has 1 unspecified atom stereocenters. The number of benzene rings is 2. The molecule has 0 aliphatic heterocycles. The van der Waals surface area contributed by atoms with E-state index in [9.17, 15) is 9.59 Å². The maximum absolute atomic E-state index is 12.2. The minimum Gasteiger partial charge on any atom is -0.468 e. The summed E-state index contributed by atoms with van der Waals surface area (Å²) in [4.78, 5) is 24.4. The molecule has 0 fully saturated rings. The van der Waals surface area contributed by atoms with Crippen LogP contribution in [0.25, 0.3) is 0 Å². The number of methoxy groups -OCH3 is 2. The summed E-state index contributed by atoms with van der Waals surface area (Å²) in [6, 6.07) is 16.3. The quantitative estimate of drug-likeness (QED) is 0.621. The van der Waals surface area contributed by atoms with Crippen LogP contribution in [-0.4, -0.2) is 26.2 Å². The lowest BCUT2D eigenvalue weighted by Gasteiger charge is -2.24. The van der Waals surface area contributed by atoms with Crippen molar-refractivity contribution in [3.63, 3.8) is 0 Å². The first kappa shape index (κ1) is 17.0. The molecule has 120 valence electrons. The van der Waals surface area contributed by atoms with Crippen LogP contribution in [0.3, 0.4) is 0 Å². The van der Waals surface area contributed by atoms with Gasteiger partial charge in [-0.25, -0.2) is 0 Å². The van der Waals surface area contributed by atoms with Crippen LogP contribution in [0.4, 0.5) is 0 Å². The number of carbonyl (C=O) groups excluding carboxylic acids is 2. The highest BCUT2D eigenvalue weighted by Gasteiger charge is 2.38. The maximum Gasteiger partial charge on any atom is 0.321 e. The predicted molar refractivity (Wildman–Crippen MR) is 87.3 cm³/mol. The molecule has 23 heavy (non-hydrogen) atoms. The van der Waals surface area contributed by atoms with Crippen molar-refractivity contribution in [3.8, 4) is 0 Å². The molecule has 0 aliphatic carbocycles. The van der Waals surface area contributed by atoms with Crippen molar-refractivity contribution in [1.82, 2.24) is 0 Å². The molecule has 5 heteroatoms. The summed E-state index contributed by atoms with van der Waals surface area (Å²) in [5.41, 5.74) is 1.59. The molecule has 0 amide bonds. The molecular formula is C18H17ClO4. The van der Waals surface area contributed by atoms with Crippen LogP contribution < -0.4 is 0 Å². The number of ether oxygens (including phenoxy) is 2. The number of hydrogen-bond donors (Lipinski definition) is 0. The zero-order valence-corrected chi connectivity index (χ0v) is 13.6. The van der Waals surface area contributed by atoms with Crippen LogP contribution in [0.1, 0.15) is 17.0 Å². The lowest BCUT2D eigenvalue weighted by Crippen LogP contribution is -2.32. The molecule has 0 heterocycles. The van der Waals surface area contributed by atoms with Crippen LogP contribution in [0.2, 0.25) is 5.02 Å². The van der Waals surface area contributed by atoms with Crippen molar-refractivity contribution in [1.29, 1.82) is 0 Å². The topological polar surface area (TPSA) is 52.6 Å². The average molecular weight is 333 g/mol. The molecular weight excluding hydrogens is 316 g/mol. The molecule has 0 spiro atoms. The summed E-state index contributed by atoms with van der Waals surface area (Å²) in [7, 11) is 2.50. The summed E-state index contributed by atoms with van der Waals surface area (Å²) < 4.78 is 9.63. The first-order valence-corrected chi connectivity index (χ1v) is 7.42. The minimum atomic E-state index is -1.09. The highest BCUT2D eigenvalue weighted by atomic mass is 35.5. The Morgan fingerprint density at radius 2 is 1.30 bits per heavy atom. The SMILES string of the molecule is COC(=O)C(C(=O)OC)C(c1ccccc1)c1ccc(Cl)cc1. The third-order valence-corrected chi connectivity index (χ3v) is 3.88. The Morgan fingerprint density at radius 1 is 0.826 bits per heavy atom. The van der Waals surface area contributed by atoms with Gasteiger partial charge in [-0.2, -0.15) is 0 Å². The van der Waals surface area contributed by atoms with Gasteiger partial charge < -0.3 is 9.47 Å². The highest BCUT2D eigenvalue weighted by Crippen LogP contribution is 2.34. The molecule has 0 saturated heterocycles. The van der Waals surface area contributed by atoms with E-state index >= 15 is 0 Å². The van der Waals surface area contributed by atoms with E-state index in [4.69, 9.17) is 21.1 Å². The fourth-order valence-electron chi connectivity index (χ4n) is 2.53. The fraction of sp³-hybridized carbons (Fsp3) is 0.222. The van der Waals surface area contributed by atoms with Crippen LogP contribution in [-0.2, 0) is 19.1 Å². The molecule has 2 rings (SSSR count). The second-order valence-corrected chi connectivity index (χ2v) is 5.40. The molecule has 1 atom stereocenters. The summed E-state index contributed by atoms with van der Waals surface area (Å²) >= 11 is 5.94. The maximum atomic E-state index is 12.2. The fourth-order valence-corrected chi connectivity index (χ4v) is 2.66. The van der Waals surface area contributed by atoms with Gasteiger partial charge in [0.2, 0.25) is 0 Å². The third kappa shape index (κ3) is 3.90. The van der Waals surface area contributed by atoms with E-state index in [2.05, 4.69) is 0 Å². The Bertz CT molecular complexity index is 651. The van der Waals surface area contributed by atoms with Crippen molar-refractivity contribution >= 4 is 23.5 Å². The highest BCUT2D eigenvalue weighted by molar-refractivity contribution is 6.30. The van der Waals surface area contributed by atoms with Crippen molar-refractivity contribution in [3.05, 3.63) is 70.7 Å². The number of rotatable bonds is 5. The molecule has 0 aromatic heterocycles. The van der Waals surface area contributed by atoms with E-state index in [1.165, 1.54) is 14.2 Å². The van der Waals surface area contributed by atoms with Crippen LogP contribution in [0, 0.1) is 5.92 Å². The van der Waals surface area contributed by atoms with E-state index in [-0.39, 0.29) is 0 Å². The van der Waals surface area contributed by atoms with Gasteiger partial charge in [-0.1, -0.05) is 54.1 Å². The zero-order valence-electron chi connectivity index (χ0n) is 12.9. The lowest BCUT2D eigenvalue weighted by atomic mass is 9.80. The van der Waals surface area contributed by atoms with Gasteiger partial charge in [0.25, 0.3) is 0 Å². The Hall–Kier alpha value is -2.33. The zero-order chi connectivity index (χ0) is 16.8. The van der Waals surface area contributed by atoms with Crippen molar-refractivity contribution in [2.75, 3.05) is 14.2 Å². The molecule has 2 aromatic carbocycles. The van der Waals surface area contributed by atoms with Crippen molar-refractivity contribution < 1.29 is 19.1 Å². The number of hydrogen-bond acceptors (Lipinski definition) is 4. The number of carbonyl (C=O) groups is 2. The number of esters is 2. The Balaban J connectivity index is 2.57. The van der Waals surface area contributed by atoms with Crippen LogP contribution in [0.5, 0.6) is 0 Å². The monoisotopic (exact) mass is 332 g/mol. The van der Waals surface area contributed by atoms with Gasteiger partial charge in [-0.05, 0) is 23.3 Å². The van der Waals surface area contributed by atoms with Gasteiger partial charge in [-0.3, -0.25) is 9.59 Å². The van der Waals surface area contributed by atoms with E-state index in [0.717, 1.165) is 11.1 Å². The minimum absolute atomic E-state index is 0.520.